The summed E-state index contributed by atoms with van der Waals surface area (Å²) >= 11 is 6.31. The van der Waals surface area contributed by atoms with Gasteiger partial charge in [0.25, 0.3) is 0 Å². The fourth-order valence-corrected chi connectivity index (χ4v) is 3.19. The molecule has 1 atom stereocenters. The zero-order valence-electron chi connectivity index (χ0n) is 13.1. The Morgan fingerprint density at radius 2 is 2.00 bits per heavy atom. The largest absolute Gasteiger partial charge is 0.444 e. The minimum Gasteiger partial charge on any atom is -0.444 e. The second-order valence-electron chi connectivity index (χ2n) is 6.28. The first kappa shape index (κ1) is 17.3. The lowest BCUT2D eigenvalue weighted by molar-refractivity contribution is 0.00124. The molecule has 1 aliphatic carbocycles. The number of ether oxygens (including phenoxy) is 1. The van der Waals surface area contributed by atoms with Crippen molar-refractivity contribution >= 4 is 23.3 Å². The van der Waals surface area contributed by atoms with Crippen LogP contribution in [-0.4, -0.2) is 17.4 Å². The van der Waals surface area contributed by atoms with Gasteiger partial charge in [0, 0.05) is 23.6 Å². The molecule has 0 radical (unpaired) electrons. The molecular formula is C17H20ClFN2O2. The minimum absolute atomic E-state index is 0.0573. The van der Waals surface area contributed by atoms with E-state index in [1.165, 1.54) is 0 Å². The highest BCUT2D eigenvalue weighted by atomic mass is 35.5. The highest BCUT2D eigenvalue weighted by Crippen LogP contribution is 2.43. The molecule has 0 saturated carbocycles. The molecule has 4 nitrogen and oxygen atoms in total. The van der Waals surface area contributed by atoms with Crippen molar-refractivity contribution in [2.75, 3.05) is 0 Å². The summed E-state index contributed by atoms with van der Waals surface area (Å²) < 4.78 is 20.3. The molecule has 0 spiro atoms. The van der Waals surface area contributed by atoms with Gasteiger partial charge in [0.05, 0.1) is 0 Å². The van der Waals surface area contributed by atoms with Crippen molar-refractivity contribution in [2.24, 2.45) is 11.5 Å². The van der Waals surface area contributed by atoms with Gasteiger partial charge in [-0.3, -0.25) is 0 Å². The van der Waals surface area contributed by atoms with Gasteiger partial charge in [-0.25, -0.2) is 9.18 Å². The van der Waals surface area contributed by atoms with Crippen LogP contribution in [0.4, 0.5) is 9.18 Å². The number of hydrogen-bond acceptors (Lipinski definition) is 3. The summed E-state index contributed by atoms with van der Waals surface area (Å²) in [5.74, 6) is 0. The zero-order chi connectivity index (χ0) is 17.3. The summed E-state index contributed by atoms with van der Waals surface area (Å²) in [5.41, 5.74) is 9.62. The molecule has 0 saturated heterocycles. The van der Waals surface area contributed by atoms with Crippen LogP contribution in [0.1, 0.15) is 32.3 Å². The number of carbonyl (C=O) groups is 1. The molecule has 124 valence electrons. The van der Waals surface area contributed by atoms with Crippen LogP contribution in [0, 0.1) is 0 Å². The lowest BCUT2D eigenvalue weighted by atomic mass is 9.81. The Hall–Kier alpha value is -2.01. The van der Waals surface area contributed by atoms with Crippen LogP contribution < -0.4 is 11.5 Å². The number of alkyl halides is 1. The second kappa shape index (κ2) is 6.24. The van der Waals surface area contributed by atoms with Crippen LogP contribution in [0.25, 0.3) is 5.57 Å². The van der Waals surface area contributed by atoms with E-state index in [0.717, 1.165) is 5.56 Å². The van der Waals surface area contributed by atoms with Crippen molar-refractivity contribution in [1.29, 1.82) is 0 Å². The standard InChI is InChI=1S/C17H20ClFN2O2/c1-16(2,23-15(21)22)10-17(19)9-13(18)12(8-14(17)20)11-6-4-3-5-7-11/h3-8H,9-10,20H2,1-2H3,(H2,21,22). The topological polar surface area (TPSA) is 78.3 Å². The highest BCUT2D eigenvalue weighted by molar-refractivity contribution is 6.33. The van der Waals surface area contributed by atoms with Crippen molar-refractivity contribution < 1.29 is 13.9 Å². The Morgan fingerprint density at radius 3 is 2.57 bits per heavy atom. The number of rotatable bonds is 4. The predicted octanol–water partition coefficient (Wildman–Crippen LogP) is 3.86. The Balaban J connectivity index is 2.28. The average Bonchev–Trinajstić information content (AvgIpc) is 2.41. The smallest absolute Gasteiger partial charge is 0.405 e. The maximum atomic E-state index is 15.3. The van der Waals surface area contributed by atoms with Crippen molar-refractivity contribution in [3.05, 3.63) is 52.7 Å². The maximum absolute atomic E-state index is 15.3. The van der Waals surface area contributed by atoms with E-state index in [1.54, 1.807) is 19.9 Å². The molecule has 4 N–H and O–H groups in total. The minimum atomic E-state index is -1.89. The van der Waals surface area contributed by atoms with E-state index in [1.807, 2.05) is 30.3 Å². The van der Waals surface area contributed by atoms with Crippen LogP contribution in [0.15, 0.2) is 47.1 Å². The van der Waals surface area contributed by atoms with E-state index in [-0.39, 0.29) is 18.5 Å². The number of halogens is 2. The van der Waals surface area contributed by atoms with Crippen molar-refractivity contribution in [3.8, 4) is 0 Å². The van der Waals surface area contributed by atoms with Crippen LogP contribution >= 0.6 is 11.6 Å². The average molecular weight is 339 g/mol. The molecule has 1 aromatic rings. The maximum Gasteiger partial charge on any atom is 0.405 e. The van der Waals surface area contributed by atoms with Crippen molar-refractivity contribution in [2.45, 2.75) is 38.0 Å². The third kappa shape index (κ3) is 4.05. The van der Waals surface area contributed by atoms with E-state index < -0.39 is 17.4 Å². The summed E-state index contributed by atoms with van der Waals surface area (Å²) in [5, 5.41) is 0.378. The van der Waals surface area contributed by atoms with Crippen molar-refractivity contribution in [1.82, 2.24) is 0 Å². The SMILES string of the molecule is CC(C)(CC1(F)CC(Cl)=C(c2ccccc2)C=C1N)OC(N)=O. The van der Waals surface area contributed by atoms with E-state index in [4.69, 9.17) is 27.8 Å². The van der Waals surface area contributed by atoms with Crippen LogP contribution in [0.5, 0.6) is 0 Å². The molecule has 0 heterocycles. The van der Waals surface area contributed by atoms with E-state index >= 15 is 4.39 Å². The lowest BCUT2D eigenvalue weighted by Gasteiger charge is -2.36. The van der Waals surface area contributed by atoms with Gasteiger partial charge < -0.3 is 16.2 Å². The van der Waals surface area contributed by atoms with E-state index in [0.29, 0.717) is 10.6 Å². The van der Waals surface area contributed by atoms with Crippen LogP contribution in [-0.2, 0) is 4.74 Å². The van der Waals surface area contributed by atoms with Gasteiger partial charge in [-0.05, 0) is 31.1 Å². The Bertz CT molecular complexity index is 670. The van der Waals surface area contributed by atoms with Gasteiger partial charge in [0.15, 0.2) is 5.67 Å². The van der Waals surface area contributed by atoms with Gasteiger partial charge in [-0.15, -0.1) is 0 Å². The van der Waals surface area contributed by atoms with Gasteiger partial charge >= 0.3 is 6.09 Å². The molecular weight excluding hydrogens is 319 g/mol. The van der Waals surface area contributed by atoms with Crippen molar-refractivity contribution in [3.63, 3.8) is 0 Å². The third-order valence-corrected chi connectivity index (χ3v) is 4.05. The second-order valence-corrected chi connectivity index (χ2v) is 6.74. The monoisotopic (exact) mass is 338 g/mol. The zero-order valence-corrected chi connectivity index (χ0v) is 13.9. The number of amides is 1. The number of primary amides is 1. The molecule has 1 unspecified atom stereocenters. The fourth-order valence-electron chi connectivity index (χ4n) is 2.81. The molecule has 0 aliphatic heterocycles. The summed E-state index contributed by atoms with van der Waals surface area (Å²) in [6, 6.07) is 9.39. The Labute approximate surface area is 139 Å². The van der Waals surface area contributed by atoms with Gasteiger partial charge in [0.2, 0.25) is 0 Å². The first-order valence-electron chi connectivity index (χ1n) is 7.22. The van der Waals surface area contributed by atoms with E-state index in [2.05, 4.69) is 0 Å². The van der Waals surface area contributed by atoms with Crippen LogP contribution in [0.2, 0.25) is 0 Å². The molecule has 0 bridgehead atoms. The summed E-state index contributed by atoms with van der Waals surface area (Å²) in [6.45, 7) is 3.16. The van der Waals surface area contributed by atoms with Gasteiger partial charge in [-0.1, -0.05) is 41.9 Å². The number of benzene rings is 1. The first-order valence-corrected chi connectivity index (χ1v) is 7.60. The Kier molecular flexibility index (Phi) is 4.71. The highest BCUT2D eigenvalue weighted by Gasteiger charge is 2.43. The Morgan fingerprint density at radius 1 is 1.39 bits per heavy atom. The molecule has 2 rings (SSSR count). The predicted molar refractivity (Wildman–Crippen MR) is 89.3 cm³/mol. The van der Waals surface area contributed by atoms with Crippen LogP contribution in [0.3, 0.4) is 0 Å². The number of allylic oxidation sites excluding steroid dienone is 4. The molecule has 0 fully saturated rings. The van der Waals surface area contributed by atoms with Gasteiger partial charge in [0.1, 0.15) is 5.60 Å². The molecule has 1 aromatic carbocycles. The molecule has 0 aromatic heterocycles. The molecule has 6 heteroatoms. The number of carbonyl (C=O) groups excluding carboxylic acids is 1. The summed E-state index contributed by atoms with van der Waals surface area (Å²) in [4.78, 5) is 10.9. The first-order chi connectivity index (χ1) is 10.6. The number of hydrogen-bond donors (Lipinski definition) is 2. The van der Waals surface area contributed by atoms with Gasteiger partial charge in [-0.2, -0.15) is 0 Å². The molecule has 23 heavy (non-hydrogen) atoms. The normalized spacial score (nSPS) is 21.8. The summed E-state index contributed by atoms with van der Waals surface area (Å²) in [6.07, 6.45) is 0.376. The number of nitrogens with two attached hydrogens (primary N) is 2. The fraction of sp³-hybridized carbons (Fsp3) is 0.353. The quantitative estimate of drug-likeness (QED) is 0.875. The van der Waals surface area contributed by atoms with E-state index in [9.17, 15) is 4.79 Å². The summed E-state index contributed by atoms with van der Waals surface area (Å²) in [7, 11) is 0. The lowest BCUT2D eigenvalue weighted by Crippen LogP contribution is -2.43. The molecule has 1 amide bonds. The third-order valence-electron chi connectivity index (χ3n) is 3.71. The molecule has 1 aliphatic rings.